The lowest BCUT2D eigenvalue weighted by atomic mass is 10.1. The highest BCUT2D eigenvalue weighted by molar-refractivity contribution is 7.92. The van der Waals surface area contributed by atoms with Crippen molar-refractivity contribution in [3.8, 4) is 16.9 Å². The van der Waals surface area contributed by atoms with Crippen LogP contribution in [0.1, 0.15) is 5.69 Å². The summed E-state index contributed by atoms with van der Waals surface area (Å²) in [6, 6.07) is 17.4. The van der Waals surface area contributed by atoms with E-state index in [-0.39, 0.29) is 4.90 Å². The van der Waals surface area contributed by atoms with Crippen molar-refractivity contribution in [3.05, 3.63) is 91.1 Å². The molecule has 0 saturated carbocycles. The number of hydrogen-bond donors (Lipinski definition) is 1. The fourth-order valence-corrected chi connectivity index (χ4v) is 4.47. The minimum atomic E-state index is -3.75. The lowest BCUT2D eigenvalue weighted by molar-refractivity contribution is 0.601. The van der Waals surface area contributed by atoms with Crippen LogP contribution in [0, 0.1) is 6.92 Å². The predicted octanol–water partition coefficient (Wildman–Crippen LogP) is 3.69. The van der Waals surface area contributed by atoms with Gasteiger partial charge in [-0.15, -0.1) is 0 Å². The summed E-state index contributed by atoms with van der Waals surface area (Å²) in [5, 5.41) is 4.15. The van der Waals surface area contributed by atoms with E-state index in [2.05, 4.69) is 19.8 Å². The van der Waals surface area contributed by atoms with E-state index in [9.17, 15) is 8.42 Å². The van der Waals surface area contributed by atoms with Crippen molar-refractivity contribution < 1.29 is 8.42 Å². The number of aromatic nitrogens is 5. The zero-order valence-corrected chi connectivity index (χ0v) is 17.4. The normalized spacial score (nSPS) is 11.6. The Morgan fingerprint density at radius 3 is 2.48 bits per heavy atom. The summed E-state index contributed by atoms with van der Waals surface area (Å²) in [5.41, 5.74) is 3.72. The van der Waals surface area contributed by atoms with Gasteiger partial charge in [-0.1, -0.05) is 12.1 Å². The number of imidazole rings is 1. The van der Waals surface area contributed by atoms with Gasteiger partial charge in [-0.2, -0.15) is 5.10 Å². The smallest absolute Gasteiger partial charge is 0.261 e. The maximum atomic E-state index is 12.9. The van der Waals surface area contributed by atoms with E-state index >= 15 is 0 Å². The fourth-order valence-electron chi connectivity index (χ4n) is 3.42. The summed E-state index contributed by atoms with van der Waals surface area (Å²) in [4.78, 5) is 9.02. The molecule has 0 aliphatic rings. The van der Waals surface area contributed by atoms with Crippen molar-refractivity contribution in [3.63, 3.8) is 0 Å². The van der Waals surface area contributed by atoms with Gasteiger partial charge in [-0.25, -0.2) is 23.1 Å². The van der Waals surface area contributed by atoms with Crippen molar-refractivity contribution in [2.75, 3.05) is 4.72 Å². The van der Waals surface area contributed by atoms with Gasteiger partial charge in [0.05, 0.1) is 16.3 Å². The SMILES string of the molecule is Cc1c(-c2cccc(NS(=O)(=O)c3ccc(-n4cccn4)cc3)c2)nc2ncccn12. The summed E-state index contributed by atoms with van der Waals surface area (Å²) in [6.07, 6.45) is 7.05. The third kappa shape index (κ3) is 3.55. The lowest BCUT2D eigenvalue weighted by Crippen LogP contribution is -2.13. The molecule has 5 rings (SSSR count). The van der Waals surface area contributed by atoms with Gasteiger partial charge in [0.15, 0.2) is 0 Å². The molecule has 0 radical (unpaired) electrons. The topological polar surface area (TPSA) is 94.2 Å². The van der Waals surface area contributed by atoms with E-state index in [1.807, 2.05) is 29.7 Å². The highest BCUT2D eigenvalue weighted by atomic mass is 32.2. The highest BCUT2D eigenvalue weighted by Gasteiger charge is 2.16. The largest absolute Gasteiger partial charge is 0.288 e. The Hall–Kier alpha value is -3.98. The minimum absolute atomic E-state index is 0.168. The van der Waals surface area contributed by atoms with E-state index in [1.165, 1.54) is 0 Å². The average Bonchev–Trinajstić information content (AvgIpc) is 3.43. The molecule has 0 fully saturated rings. The second-order valence-corrected chi connectivity index (χ2v) is 8.65. The van der Waals surface area contributed by atoms with Crippen LogP contribution in [0.2, 0.25) is 0 Å². The molecule has 31 heavy (non-hydrogen) atoms. The second kappa shape index (κ2) is 7.37. The van der Waals surface area contributed by atoms with Crippen LogP contribution in [0.15, 0.2) is 90.3 Å². The van der Waals surface area contributed by atoms with Crippen LogP contribution < -0.4 is 4.72 Å². The Bertz CT molecular complexity index is 1470. The van der Waals surface area contributed by atoms with Crippen molar-refractivity contribution in [2.24, 2.45) is 0 Å². The van der Waals surface area contributed by atoms with Crippen molar-refractivity contribution in [1.82, 2.24) is 24.1 Å². The highest BCUT2D eigenvalue weighted by Crippen LogP contribution is 2.27. The van der Waals surface area contributed by atoms with E-state index < -0.39 is 10.0 Å². The van der Waals surface area contributed by atoms with Crippen molar-refractivity contribution >= 4 is 21.5 Å². The first-order valence-corrected chi connectivity index (χ1v) is 11.0. The fraction of sp³-hybridized carbons (Fsp3) is 0.0455. The van der Waals surface area contributed by atoms with Gasteiger partial charge >= 0.3 is 0 Å². The lowest BCUT2D eigenvalue weighted by Gasteiger charge is -2.10. The van der Waals surface area contributed by atoms with Gasteiger partial charge in [0.1, 0.15) is 0 Å². The number of sulfonamides is 1. The van der Waals surface area contributed by atoms with Crippen LogP contribution in [-0.4, -0.2) is 32.6 Å². The maximum absolute atomic E-state index is 12.9. The first-order chi connectivity index (χ1) is 15.0. The monoisotopic (exact) mass is 430 g/mol. The Morgan fingerprint density at radius 1 is 0.935 bits per heavy atom. The van der Waals surface area contributed by atoms with Gasteiger partial charge in [0, 0.05) is 41.7 Å². The van der Waals surface area contributed by atoms with Crippen LogP contribution in [0.5, 0.6) is 0 Å². The maximum Gasteiger partial charge on any atom is 0.261 e. The molecule has 0 saturated heterocycles. The van der Waals surface area contributed by atoms with E-state index in [0.29, 0.717) is 11.5 Å². The Balaban J connectivity index is 1.44. The zero-order valence-electron chi connectivity index (χ0n) is 16.5. The van der Waals surface area contributed by atoms with Gasteiger partial charge in [-0.05, 0) is 55.5 Å². The molecule has 9 heteroatoms. The van der Waals surface area contributed by atoms with Crippen LogP contribution in [0.3, 0.4) is 0 Å². The standard InChI is InChI=1S/C22H18N6O2S/c1-16-21(25-22-23-11-3-13-27(16)22)17-5-2-6-18(15-17)26-31(29,30)20-9-7-19(8-10-20)28-14-4-12-24-28/h2-15,26H,1H3. The summed E-state index contributed by atoms with van der Waals surface area (Å²) in [6.45, 7) is 1.95. The number of aryl methyl sites for hydroxylation is 1. The van der Waals surface area contributed by atoms with Crippen LogP contribution >= 0.6 is 0 Å². The number of fused-ring (bicyclic) bond motifs is 1. The molecule has 1 N–H and O–H groups in total. The third-order valence-corrected chi connectivity index (χ3v) is 6.34. The quantitative estimate of drug-likeness (QED) is 0.459. The Kier molecular flexibility index (Phi) is 4.52. The summed E-state index contributed by atoms with van der Waals surface area (Å²) < 4.78 is 32.0. The molecule has 0 aliphatic heterocycles. The van der Waals surface area contributed by atoms with Gasteiger partial charge < -0.3 is 0 Å². The molecular weight excluding hydrogens is 412 g/mol. The number of rotatable bonds is 5. The van der Waals surface area contributed by atoms with Crippen molar-refractivity contribution in [2.45, 2.75) is 11.8 Å². The van der Waals surface area contributed by atoms with Crippen molar-refractivity contribution in [1.29, 1.82) is 0 Å². The average molecular weight is 430 g/mol. The molecular formula is C22H18N6O2S. The van der Waals surface area contributed by atoms with E-state index in [1.54, 1.807) is 71.8 Å². The first-order valence-electron chi connectivity index (χ1n) is 9.54. The molecule has 0 spiro atoms. The van der Waals surface area contributed by atoms with Crippen LogP contribution in [-0.2, 0) is 10.0 Å². The summed E-state index contributed by atoms with van der Waals surface area (Å²) in [5.74, 6) is 0.596. The molecule has 3 heterocycles. The number of hydrogen-bond acceptors (Lipinski definition) is 5. The molecule has 0 amide bonds. The van der Waals surface area contributed by atoms with Gasteiger partial charge in [0.2, 0.25) is 5.78 Å². The van der Waals surface area contributed by atoms with Crippen LogP contribution in [0.25, 0.3) is 22.7 Å². The number of nitrogens with one attached hydrogen (secondary N) is 1. The van der Waals surface area contributed by atoms with E-state index in [0.717, 1.165) is 22.6 Å². The Morgan fingerprint density at radius 2 is 1.74 bits per heavy atom. The van der Waals surface area contributed by atoms with E-state index in [4.69, 9.17) is 0 Å². The molecule has 0 aliphatic carbocycles. The Labute approximate surface area is 178 Å². The van der Waals surface area contributed by atoms with Gasteiger partial charge in [-0.3, -0.25) is 9.12 Å². The van der Waals surface area contributed by atoms with Crippen LogP contribution in [0.4, 0.5) is 5.69 Å². The predicted molar refractivity (Wildman–Crippen MR) is 118 cm³/mol. The molecule has 154 valence electrons. The molecule has 2 aromatic carbocycles. The molecule has 3 aromatic heterocycles. The molecule has 5 aromatic rings. The molecule has 0 atom stereocenters. The molecule has 8 nitrogen and oxygen atoms in total. The summed E-state index contributed by atoms with van der Waals surface area (Å²) in [7, 11) is -3.75. The second-order valence-electron chi connectivity index (χ2n) is 6.97. The third-order valence-electron chi connectivity index (χ3n) is 4.95. The first kappa shape index (κ1) is 19.0. The number of nitrogens with zero attached hydrogens (tertiary/aromatic N) is 5. The molecule has 0 unspecified atom stereocenters. The number of anilines is 1. The zero-order chi connectivity index (χ0) is 21.4. The summed E-state index contributed by atoms with van der Waals surface area (Å²) >= 11 is 0. The van der Waals surface area contributed by atoms with Gasteiger partial charge in [0.25, 0.3) is 10.0 Å². The number of benzene rings is 2. The minimum Gasteiger partial charge on any atom is -0.288 e. The molecule has 0 bridgehead atoms.